The number of allylic oxidation sites excluding steroid dienone is 1. The molecule has 23 heavy (non-hydrogen) atoms. The maximum atomic E-state index is 8.91. The van der Waals surface area contributed by atoms with E-state index in [4.69, 9.17) is 5.26 Å². The Bertz CT molecular complexity index is 534. The average Bonchev–Trinajstić information content (AvgIpc) is 2.63. The van der Waals surface area contributed by atoms with Gasteiger partial charge in [-0.05, 0) is 99.2 Å². The van der Waals surface area contributed by atoms with E-state index in [-0.39, 0.29) is 0 Å². The van der Waals surface area contributed by atoms with Crippen molar-refractivity contribution in [2.24, 2.45) is 17.8 Å². The molecule has 1 aromatic rings. The lowest BCUT2D eigenvalue weighted by Crippen LogP contribution is -2.25. The largest absolute Gasteiger partial charge is 0.192 e. The van der Waals surface area contributed by atoms with Gasteiger partial charge in [0.25, 0.3) is 0 Å². The standard InChI is InChI=1S/C22H29N/c1-2-3-17-4-8-19(9-5-17)21-12-14-22(15-13-21)20-10-6-18(16-23)7-11-20/h2,6-7,10-11,17,19,21-22H,1,3-5,8-9,12-15H2/t17-,19-,21?,22?. The predicted octanol–water partition coefficient (Wildman–Crippen LogP) is 6.21. The maximum absolute atomic E-state index is 8.91. The molecule has 0 aliphatic heterocycles. The van der Waals surface area contributed by atoms with E-state index in [1.165, 1.54) is 63.4 Å². The maximum Gasteiger partial charge on any atom is 0.0991 e. The highest BCUT2D eigenvalue weighted by Crippen LogP contribution is 2.44. The van der Waals surface area contributed by atoms with Crippen molar-refractivity contribution in [1.82, 2.24) is 0 Å². The Morgan fingerprint density at radius 3 is 2.00 bits per heavy atom. The molecule has 1 heteroatoms. The fourth-order valence-corrected chi connectivity index (χ4v) is 4.88. The molecular formula is C22H29N. The summed E-state index contributed by atoms with van der Waals surface area (Å²) in [5.41, 5.74) is 2.22. The molecule has 122 valence electrons. The first-order chi connectivity index (χ1) is 11.3. The van der Waals surface area contributed by atoms with Crippen LogP contribution in [0, 0.1) is 29.1 Å². The van der Waals surface area contributed by atoms with Crippen LogP contribution < -0.4 is 0 Å². The summed E-state index contributed by atoms with van der Waals surface area (Å²) in [6.45, 7) is 3.89. The molecule has 0 radical (unpaired) electrons. The zero-order valence-electron chi connectivity index (χ0n) is 14.2. The van der Waals surface area contributed by atoms with E-state index in [1.807, 2.05) is 12.1 Å². The Labute approximate surface area is 141 Å². The minimum atomic E-state index is 0.719. The topological polar surface area (TPSA) is 23.8 Å². The summed E-state index contributed by atoms with van der Waals surface area (Å²) in [6.07, 6.45) is 14.6. The second-order valence-corrected chi connectivity index (χ2v) is 7.65. The summed E-state index contributed by atoms with van der Waals surface area (Å²) in [7, 11) is 0. The highest BCUT2D eigenvalue weighted by molar-refractivity contribution is 5.33. The number of hydrogen-bond donors (Lipinski definition) is 0. The van der Waals surface area contributed by atoms with Crippen LogP contribution >= 0.6 is 0 Å². The Hall–Kier alpha value is -1.55. The van der Waals surface area contributed by atoms with Crippen molar-refractivity contribution in [3.63, 3.8) is 0 Å². The molecule has 0 bridgehead atoms. The highest BCUT2D eigenvalue weighted by Gasteiger charge is 2.30. The molecule has 0 amide bonds. The van der Waals surface area contributed by atoms with E-state index in [0.717, 1.165) is 29.2 Å². The predicted molar refractivity (Wildman–Crippen MR) is 96.1 cm³/mol. The molecule has 2 aliphatic rings. The van der Waals surface area contributed by atoms with Crippen LogP contribution in [0.1, 0.15) is 74.8 Å². The van der Waals surface area contributed by atoms with Crippen molar-refractivity contribution in [3.8, 4) is 6.07 Å². The first kappa shape index (κ1) is 16.3. The molecule has 0 heterocycles. The minimum absolute atomic E-state index is 0.719. The second kappa shape index (κ2) is 7.82. The zero-order valence-corrected chi connectivity index (χ0v) is 14.2. The molecule has 0 atom stereocenters. The van der Waals surface area contributed by atoms with Gasteiger partial charge >= 0.3 is 0 Å². The number of nitriles is 1. The van der Waals surface area contributed by atoms with Crippen LogP contribution in [-0.2, 0) is 0 Å². The molecule has 0 unspecified atom stereocenters. The van der Waals surface area contributed by atoms with E-state index in [0.29, 0.717) is 0 Å². The van der Waals surface area contributed by atoms with E-state index in [1.54, 1.807) is 0 Å². The van der Waals surface area contributed by atoms with Gasteiger partial charge < -0.3 is 0 Å². The lowest BCUT2D eigenvalue weighted by Gasteiger charge is -2.38. The molecule has 2 aliphatic carbocycles. The van der Waals surface area contributed by atoms with Crippen molar-refractivity contribution in [2.45, 2.75) is 63.7 Å². The molecule has 1 aromatic carbocycles. The summed E-state index contributed by atoms with van der Waals surface area (Å²) in [4.78, 5) is 0. The lowest BCUT2D eigenvalue weighted by atomic mass is 9.68. The van der Waals surface area contributed by atoms with Gasteiger partial charge in [0.1, 0.15) is 0 Å². The first-order valence-electron chi connectivity index (χ1n) is 9.41. The normalized spacial score (nSPS) is 31.3. The third-order valence-corrected chi connectivity index (χ3v) is 6.34. The molecule has 1 nitrogen and oxygen atoms in total. The van der Waals surface area contributed by atoms with Gasteiger partial charge in [-0.15, -0.1) is 6.58 Å². The average molecular weight is 307 g/mol. The molecule has 0 N–H and O–H groups in total. The first-order valence-corrected chi connectivity index (χ1v) is 9.41. The fraction of sp³-hybridized carbons (Fsp3) is 0.591. The van der Waals surface area contributed by atoms with Crippen LogP contribution in [0.15, 0.2) is 36.9 Å². The van der Waals surface area contributed by atoms with Crippen LogP contribution in [0.25, 0.3) is 0 Å². The molecule has 2 saturated carbocycles. The fourth-order valence-electron chi connectivity index (χ4n) is 4.88. The summed E-state index contributed by atoms with van der Waals surface area (Å²) in [5, 5.41) is 8.91. The third-order valence-electron chi connectivity index (χ3n) is 6.34. The van der Waals surface area contributed by atoms with Gasteiger partial charge in [-0.3, -0.25) is 0 Å². The third kappa shape index (κ3) is 4.05. The summed E-state index contributed by atoms with van der Waals surface area (Å²) in [6, 6.07) is 10.5. The van der Waals surface area contributed by atoms with Crippen LogP contribution in [0.2, 0.25) is 0 Å². The van der Waals surface area contributed by atoms with Gasteiger partial charge in [0.05, 0.1) is 11.6 Å². The highest BCUT2D eigenvalue weighted by atomic mass is 14.4. The molecule has 3 rings (SSSR count). The number of hydrogen-bond acceptors (Lipinski definition) is 1. The van der Waals surface area contributed by atoms with Crippen LogP contribution in [-0.4, -0.2) is 0 Å². The second-order valence-electron chi connectivity index (χ2n) is 7.65. The zero-order chi connectivity index (χ0) is 16.1. The number of rotatable bonds is 4. The van der Waals surface area contributed by atoms with Crippen LogP contribution in [0.3, 0.4) is 0 Å². The molecule has 0 aromatic heterocycles. The molecular weight excluding hydrogens is 278 g/mol. The molecule has 0 spiro atoms. The van der Waals surface area contributed by atoms with Crippen molar-refractivity contribution in [2.75, 3.05) is 0 Å². The number of benzene rings is 1. The van der Waals surface area contributed by atoms with E-state index in [9.17, 15) is 0 Å². The molecule has 0 saturated heterocycles. The Kier molecular flexibility index (Phi) is 5.55. The Morgan fingerprint density at radius 1 is 0.913 bits per heavy atom. The van der Waals surface area contributed by atoms with Crippen molar-refractivity contribution in [3.05, 3.63) is 48.0 Å². The molecule has 2 fully saturated rings. The Balaban J connectivity index is 1.48. The van der Waals surface area contributed by atoms with Gasteiger partial charge in [0.2, 0.25) is 0 Å². The summed E-state index contributed by atoms with van der Waals surface area (Å²) >= 11 is 0. The SMILES string of the molecule is C=CC[C@H]1CC[C@H](C2CCC(c3ccc(C#N)cc3)CC2)CC1. The summed E-state index contributed by atoms with van der Waals surface area (Å²) in [5.74, 6) is 3.59. The minimum Gasteiger partial charge on any atom is -0.192 e. The lowest BCUT2D eigenvalue weighted by molar-refractivity contribution is 0.161. The van der Waals surface area contributed by atoms with Gasteiger partial charge in [-0.1, -0.05) is 18.2 Å². The quantitative estimate of drug-likeness (QED) is 0.606. The van der Waals surface area contributed by atoms with Crippen molar-refractivity contribution < 1.29 is 0 Å². The van der Waals surface area contributed by atoms with Crippen molar-refractivity contribution in [1.29, 1.82) is 5.26 Å². The van der Waals surface area contributed by atoms with E-state index in [2.05, 4.69) is 30.9 Å². The van der Waals surface area contributed by atoms with Gasteiger partial charge in [0.15, 0.2) is 0 Å². The van der Waals surface area contributed by atoms with Crippen LogP contribution in [0.5, 0.6) is 0 Å². The van der Waals surface area contributed by atoms with Gasteiger partial charge in [-0.25, -0.2) is 0 Å². The van der Waals surface area contributed by atoms with Crippen molar-refractivity contribution >= 4 is 0 Å². The smallest absolute Gasteiger partial charge is 0.0991 e. The van der Waals surface area contributed by atoms with E-state index < -0.39 is 0 Å². The number of nitrogens with zero attached hydrogens (tertiary/aromatic N) is 1. The van der Waals surface area contributed by atoms with E-state index >= 15 is 0 Å². The van der Waals surface area contributed by atoms with Crippen LogP contribution in [0.4, 0.5) is 0 Å². The van der Waals surface area contributed by atoms with Gasteiger partial charge in [-0.2, -0.15) is 5.26 Å². The Morgan fingerprint density at radius 2 is 1.48 bits per heavy atom. The van der Waals surface area contributed by atoms with Gasteiger partial charge in [0, 0.05) is 0 Å². The monoisotopic (exact) mass is 307 g/mol. The summed E-state index contributed by atoms with van der Waals surface area (Å²) < 4.78 is 0.